The summed E-state index contributed by atoms with van der Waals surface area (Å²) in [6, 6.07) is 13.8. The van der Waals surface area contributed by atoms with Gasteiger partial charge in [0, 0.05) is 166 Å². The van der Waals surface area contributed by atoms with Crippen LogP contribution in [0.1, 0.15) is 175 Å². The number of halogens is 4. The maximum atomic E-state index is 12.7. The molecule has 126 heavy (non-hydrogen) atoms. The van der Waals surface area contributed by atoms with Crippen molar-refractivity contribution in [2.75, 3.05) is 143 Å². The third kappa shape index (κ3) is 34.0. The molecular weight excluding hydrogens is 1970 g/mol. The Bertz CT molecular complexity index is 4750. The second-order valence-corrected chi connectivity index (χ2v) is 36.8. The number of nitrogens with two attached hydrogens (primary N) is 2. The number of hydrogen-bond donors (Lipinski definition) is 4. The first-order valence-electron chi connectivity index (χ1n) is 39.4. The first-order chi connectivity index (χ1) is 56.7. The van der Waals surface area contributed by atoms with Gasteiger partial charge in [0.1, 0.15) is 39.7 Å². The van der Waals surface area contributed by atoms with Crippen LogP contribution in [0.2, 0.25) is 0 Å². The Morgan fingerprint density at radius 3 is 0.984 bits per heavy atom. The summed E-state index contributed by atoms with van der Waals surface area (Å²) in [7, 11) is -2.53. The number of anilines is 5. The zero-order valence-corrected chi connectivity index (χ0v) is 79.2. The third-order valence-electron chi connectivity index (χ3n) is 19.3. The summed E-state index contributed by atoms with van der Waals surface area (Å²) in [5.74, 6) is 0.724. The average Bonchev–Trinajstić information content (AvgIpc) is 1.49. The highest BCUT2D eigenvalue weighted by atomic mass is 127. The smallest absolute Gasteiger partial charge is 0.410 e. The van der Waals surface area contributed by atoms with Crippen molar-refractivity contribution in [3.8, 4) is 0 Å². The molecule has 8 aromatic heterocycles. The number of nitrogens with one attached hydrogen (secondary N) is 2. The minimum absolute atomic E-state index is 0. The molecule has 14 rings (SSSR count). The number of piperazine rings is 4. The van der Waals surface area contributed by atoms with Crippen LogP contribution in [-0.2, 0) is 35.8 Å². The monoisotopic (exact) mass is 2100 g/mol. The molecule has 702 valence electrons. The highest BCUT2D eigenvalue weighted by Crippen LogP contribution is 2.35. The fourth-order valence-corrected chi connectivity index (χ4v) is 15.1. The molecule has 0 aromatic carbocycles. The summed E-state index contributed by atoms with van der Waals surface area (Å²) in [6.07, 6.45) is 20.5. The van der Waals surface area contributed by atoms with Crippen LogP contribution >= 0.6 is 71.8 Å². The Morgan fingerprint density at radius 2 is 0.746 bits per heavy atom. The van der Waals surface area contributed by atoms with Gasteiger partial charge in [0.25, 0.3) is 11.1 Å². The lowest BCUT2D eigenvalue weighted by atomic mass is 10.1. The van der Waals surface area contributed by atoms with E-state index in [9.17, 15) is 52.6 Å². The molecule has 2 atom stereocenters. The number of nitrogen functional groups attached to an aromatic ring is 2. The quantitative estimate of drug-likeness (QED) is 0.0343. The number of nitro groups is 2. The van der Waals surface area contributed by atoms with E-state index < -0.39 is 48.2 Å². The molecule has 0 bridgehead atoms. The summed E-state index contributed by atoms with van der Waals surface area (Å²) < 4.78 is 44.8. The van der Waals surface area contributed by atoms with Crippen LogP contribution in [0.25, 0.3) is 22.1 Å². The number of nitrogens with zero attached hydrogens (tertiary/aromatic N) is 18. The third-order valence-corrected chi connectivity index (χ3v) is 23.1. The SMILES string of the molecule is C.C.C.C.C.C1CNCCN1.CC(C)(C)OC(=O)N1CCN(c2ccc(N)nc2)CC1.CC(C)(C)OC(=O)N1CCN(c2ccc(N)nc2)CC1.CC(C)(C)OC(=O)N1CCN(c2ccc([N+](=O)[O-])nc2)CC1.Cc1c(Br)c(=O)n(C2CCCC2)c2nc(S(C)=O)ncc12.Cc1c(Br)c(=O)n(C2CCCC2)c2nc(S(C)=O)ncc12.I.O=[N+]([O-])c1ccc(Br)cn1.[HH]. The number of fused-ring (bicyclic) bond motifs is 2. The molecule has 6 N–H and O–H groups in total. The van der Waals surface area contributed by atoms with Crippen molar-refractivity contribution in [1.29, 1.82) is 0 Å². The average molecular weight is 2100 g/mol. The van der Waals surface area contributed by atoms with Crippen LogP contribution < -0.4 is 47.9 Å². The number of carbonyl (C=O) groups is 3. The van der Waals surface area contributed by atoms with E-state index in [0.717, 1.165) is 147 Å². The van der Waals surface area contributed by atoms with E-state index in [4.69, 9.17) is 25.7 Å². The van der Waals surface area contributed by atoms with Crippen molar-refractivity contribution in [3.05, 3.63) is 151 Å². The zero-order chi connectivity index (χ0) is 87.9. The second-order valence-electron chi connectivity index (χ2n) is 31.8. The van der Waals surface area contributed by atoms with Gasteiger partial charge in [-0.05, 0) is 217 Å². The Balaban J connectivity index is 0.000000750. The molecule has 4 saturated heterocycles. The van der Waals surface area contributed by atoms with E-state index in [1.165, 1.54) is 24.5 Å². The standard InChI is InChI=1S/2C14H16BrN3O2S.C14H20N4O4.2C14H22N4O2.C5H3BrN2O2.C4H10N2.5CH4.HI.H2/c2*1-8-10-7-16-14(21(2)20)17-12(10)18(13(19)11(8)15)9-5-3-4-6-9;1-14(2,3)22-13(19)17-8-6-16(7-9-17)11-4-5-12(15-10-11)18(20)21;2*1-14(2,3)20-13(19)18-8-6-17(7-9-18)11-4-5-12(15)16-10-11;6-4-1-2-5(7-3-4)8(9)10;1-2-6-4-3-5-1;;;;;;;/h2*7,9H,3-6H2,1-2H3;4-5,10H,6-9H2,1-3H3;2*4-5,10H,6-9H2,1-3H3,(H2,15,16);1-3H;5-6H,1-4H2;5*1H4;2*1H. The van der Waals surface area contributed by atoms with Crippen molar-refractivity contribution in [1.82, 2.24) is 74.3 Å². The molecule has 3 amide bonds. The van der Waals surface area contributed by atoms with Crippen LogP contribution in [-0.4, -0.2) is 234 Å². The van der Waals surface area contributed by atoms with Crippen molar-refractivity contribution >= 4 is 174 Å². The number of aromatic nitrogens is 10. The van der Waals surface area contributed by atoms with Crippen molar-refractivity contribution in [2.24, 2.45) is 0 Å². The molecular formula is C84H132Br3IN22O14S2. The molecule has 42 heteroatoms. The number of amides is 3. The van der Waals surface area contributed by atoms with Gasteiger partial charge >= 0.3 is 29.9 Å². The molecule has 12 heterocycles. The van der Waals surface area contributed by atoms with Gasteiger partial charge in [-0.15, -0.1) is 24.0 Å². The maximum Gasteiger partial charge on any atom is 0.410 e. The van der Waals surface area contributed by atoms with Gasteiger partial charge in [0.15, 0.2) is 12.4 Å². The molecule has 0 radical (unpaired) electrons. The fourth-order valence-electron chi connectivity index (χ4n) is 13.2. The Labute approximate surface area is 789 Å². The number of pyridine rings is 6. The summed E-state index contributed by atoms with van der Waals surface area (Å²) in [5.41, 5.74) is 15.4. The molecule has 8 aromatic rings. The van der Waals surface area contributed by atoms with E-state index in [-0.39, 0.29) is 126 Å². The minimum atomic E-state index is -1.26. The van der Waals surface area contributed by atoms with Crippen LogP contribution in [0, 0.1) is 34.1 Å². The Morgan fingerprint density at radius 1 is 0.460 bits per heavy atom. The fraction of sp³-hybridized carbons (Fsp3) is 0.560. The summed E-state index contributed by atoms with van der Waals surface area (Å²) in [6.45, 7) is 33.1. The minimum Gasteiger partial charge on any atom is -0.444 e. The number of carbonyl (C=O) groups excluding carboxylic acids is 3. The number of rotatable bonds is 9. The normalized spacial score (nSPS) is 15.6. The maximum absolute atomic E-state index is 12.7. The largest absolute Gasteiger partial charge is 0.444 e. The summed E-state index contributed by atoms with van der Waals surface area (Å²) in [4.78, 5) is 125. The van der Waals surface area contributed by atoms with Gasteiger partial charge in [-0.25, -0.2) is 44.3 Å². The van der Waals surface area contributed by atoms with Crippen LogP contribution in [0.5, 0.6) is 0 Å². The van der Waals surface area contributed by atoms with Gasteiger partial charge < -0.3 is 85.9 Å². The summed E-state index contributed by atoms with van der Waals surface area (Å²) >= 11 is 9.90. The molecule has 4 aliphatic heterocycles. The molecule has 2 saturated carbocycles. The number of aryl methyl sites for hydroxylation is 2. The molecule has 2 aliphatic carbocycles. The number of hydrogen-bond acceptors (Lipinski definition) is 29. The molecule has 6 fully saturated rings. The highest BCUT2D eigenvalue weighted by Gasteiger charge is 2.32. The molecule has 0 spiro atoms. The molecule has 6 aliphatic rings. The van der Waals surface area contributed by atoms with Gasteiger partial charge in [-0.1, -0.05) is 62.8 Å². The first kappa shape index (κ1) is 113. The van der Waals surface area contributed by atoms with Crippen molar-refractivity contribution in [3.63, 3.8) is 0 Å². The van der Waals surface area contributed by atoms with E-state index in [0.29, 0.717) is 84.2 Å². The van der Waals surface area contributed by atoms with Crippen LogP contribution in [0.15, 0.2) is 119 Å². The lowest BCUT2D eigenvalue weighted by Gasteiger charge is -2.36. The van der Waals surface area contributed by atoms with Crippen LogP contribution in [0.4, 0.5) is 54.7 Å². The van der Waals surface area contributed by atoms with E-state index >= 15 is 0 Å². The van der Waals surface area contributed by atoms with Gasteiger partial charge in [0.2, 0.25) is 10.3 Å². The van der Waals surface area contributed by atoms with Gasteiger partial charge in [0.05, 0.1) is 64.5 Å². The topological polar surface area (TPSA) is 442 Å². The van der Waals surface area contributed by atoms with E-state index in [1.54, 1.807) is 85.4 Å². The lowest BCUT2D eigenvalue weighted by molar-refractivity contribution is -0.389. The highest BCUT2D eigenvalue weighted by molar-refractivity contribution is 14.0. The summed E-state index contributed by atoms with van der Waals surface area (Å²) in [5, 5.41) is 29.3. The predicted molar refractivity (Wildman–Crippen MR) is 526 cm³/mol. The molecule has 36 nitrogen and oxygen atoms in total. The molecule has 2 unspecified atom stereocenters. The first-order valence-corrected chi connectivity index (χ1v) is 44.9. The lowest BCUT2D eigenvalue weighted by Crippen LogP contribution is -2.50. The van der Waals surface area contributed by atoms with Crippen LogP contribution in [0.3, 0.4) is 0 Å². The Hall–Kier alpha value is -8.82. The van der Waals surface area contributed by atoms with Gasteiger partial charge in [-0.2, -0.15) is 0 Å². The number of ether oxygens (including phenoxy) is 3. The Kier molecular flexibility index (Phi) is 47.3. The van der Waals surface area contributed by atoms with Crippen molar-refractivity contribution < 1.29 is 48.3 Å². The van der Waals surface area contributed by atoms with Gasteiger partial charge in [-0.3, -0.25) is 27.1 Å². The van der Waals surface area contributed by atoms with E-state index in [2.05, 4.69) is 108 Å². The zero-order valence-electron chi connectivity index (χ0n) is 70.5. The predicted octanol–water partition coefficient (Wildman–Crippen LogP) is 15.9. The van der Waals surface area contributed by atoms with E-state index in [1.807, 2.05) is 93.2 Å². The second kappa shape index (κ2) is 52.6. The van der Waals surface area contributed by atoms with Crippen molar-refractivity contribution in [2.45, 2.75) is 204 Å².